The highest BCUT2D eigenvalue weighted by atomic mass is 16.5. The van der Waals surface area contributed by atoms with E-state index < -0.39 is 0 Å². The number of ether oxygens (including phenoxy) is 1. The number of benzene rings is 1. The molecule has 0 N–H and O–H groups in total. The molecule has 0 aliphatic rings. The van der Waals surface area contributed by atoms with Crippen molar-refractivity contribution in [3.8, 4) is 5.75 Å². The quantitative estimate of drug-likeness (QED) is 0.600. The van der Waals surface area contributed by atoms with Crippen molar-refractivity contribution < 1.29 is 4.74 Å². The number of hydrogen-bond acceptors (Lipinski definition) is 4. The minimum atomic E-state index is -0.218. The first-order valence-corrected chi connectivity index (χ1v) is 10.4. The van der Waals surface area contributed by atoms with Crippen LogP contribution in [0.2, 0.25) is 0 Å². The highest BCUT2D eigenvalue weighted by Gasteiger charge is 2.17. The Balaban J connectivity index is 1.77. The molecule has 0 fully saturated rings. The molecule has 2 heterocycles. The first-order valence-electron chi connectivity index (χ1n) is 10.4. The number of fused-ring (bicyclic) bond motifs is 1. The lowest BCUT2D eigenvalue weighted by Gasteiger charge is -2.21. The molecule has 0 radical (unpaired) electrons. The van der Waals surface area contributed by atoms with E-state index in [0.29, 0.717) is 12.1 Å². The van der Waals surface area contributed by atoms with Crippen LogP contribution in [0.15, 0.2) is 29.1 Å². The van der Waals surface area contributed by atoms with Crippen molar-refractivity contribution in [2.75, 3.05) is 0 Å². The molecule has 0 saturated carbocycles. The maximum atomic E-state index is 13.1. The molecule has 0 unspecified atom stereocenters. The Morgan fingerprint density at radius 2 is 1.93 bits per heavy atom. The summed E-state index contributed by atoms with van der Waals surface area (Å²) in [5.74, 6) is 1.63. The van der Waals surface area contributed by atoms with Gasteiger partial charge in [0.25, 0.3) is 5.56 Å². The molecular weight excluding hydrogens is 364 g/mol. The van der Waals surface area contributed by atoms with E-state index >= 15 is 0 Å². The molecule has 0 bridgehead atoms. The fourth-order valence-electron chi connectivity index (χ4n) is 3.65. The molecule has 1 aromatic carbocycles. The summed E-state index contributed by atoms with van der Waals surface area (Å²) in [7, 11) is 1.82. The summed E-state index contributed by atoms with van der Waals surface area (Å²) in [5.41, 5.74) is 3.24. The number of hydrogen-bond donors (Lipinski definition) is 0. The number of nitrogens with zero attached hydrogens (tertiary/aromatic N) is 4. The van der Waals surface area contributed by atoms with Crippen LogP contribution in [0.25, 0.3) is 11.0 Å². The molecule has 0 aliphatic carbocycles. The van der Waals surface area contributed by atoms with Gasteiger partial charge in [-0.3, -0.25) is 14.0 Å². The maximum absolute atomic E-state index is 13.1. The molecule has 6 heteroatoms. The number of rotatable bonds is 7. The van der Waals surface area contributed by atoms with Gasteiger partial charge in [0.15, 0.2) is 5.52 Å². The summed E-state index contributed by atoms with van der Waals surface area (Å²) in [6.07, 6.45) is 3.54. The summed E-state index contributed by atoms with van der Waals surface area (Å²) >= 11 is 0. The van der Waals surface area contributed by atoms with Gasteiger partial charge in [0.05, 0.1) is 5.69 Å². The molecule has 2 aromatic heterocycles. The number of aromatic nitrogens is 4. The number of aryl methyl sites for hydroxylation is 4. The van der Waals surface area contributed by atoms with Gasteiger partial charge in [0.2, 0.25) is 0 Å². The van der Waals surface area contributed by atoms with Gasteiger partial charge in [-0.2, -0.15) is 5.10 Å². The van der Waals surface area contributed by atoms with Gasteiger partial charge in [-0.25, -0.2) is 4.98 Å². The first kappa shape index (κ1) is 21.1. The average molecular weight is 397 g/mol. The maximum Gasteiger partial charge on any atom is 0.279 e. The lowest BCUT2D eigenvalue weighted by molar-refractivity contribution is 0.131. The van der Waals surface area contributed by atoms with Crippen LogP contribution < -0.4 is 10.3 Å². The Bertz CT molecular complexity index is 1060. The third kappa shape index (κ3) is 4.86. The van der Waals surface area contributed by atoms with Gasteiger partial charge in [0, 0.05) is 13.6 Å². The van der Waals surface area contributed by atoms with Crippen molar-refractivity contribution in [1.82, 2.24) is 19.3 Å². The van der Waals surface area contributed by atoms with E-state index in [1.54, 1.807) is 9.25 Å². The van der Waals surface area contributed by atoms with Crippen LogP contribution in [0, 0.1) is 6.92 Å². The van der Waals surface area contributed by atoms with E-state index in [4.69, 9.17) is 9.72 Å². The van der Waals surface area contributed by atoms with Crippen molar-refractivity contribution in [2.45, 2.75) is 72.4 Å². The Kier molecular flexibility index (Phi) is 6.10. The average Bonchev–Trinajstić information content (AvgIpc) is 2.92. The zero-order valence-corrected chi connectivity index (χ0v) is 18.5. The standard InChI is InChI=1S/C23H32N4O2/c1-7-10-19-20-21(26(6)25-19)22(28)27(16(2)24-20)14-9-12-17-11-8-13-18(15-17)29-23(3,4)5/h8,11,13,15H,7,9-10,12,14H2,1-6H3. The summed E-state index contributed by atoms with van der Waals surface area (Å²) in [5, 5.41) is 4.52. The SMILES string of the molecule is CCCc1nn(C)c2c(=O)n(CCCc3cccc(OC(C)(C)C)c3)c(C)nc12. The van der Waals surface area contributed by atoms with Crippen molar-refractivity contribution in [1.29, 1.82) is 0 Å². The Morgan fingerprint density at radius 1 is 1.17 bits per heavy atom. The Labute approximate surface area is 172 Å². The van der Waals surface area contributed by atoms with Gasteiger partial charge in [-0.05, 0) is 64.7 Å². The van der Waals surface area contributed by atoms with Gasteiger partial charge < -0.3 is 4.74 Å². The van der Waals surface area contributed by atoms with Crippen LogP contribution in [0.1, 0.15) is 57.6 Å². The minimum Gasteiger partial charge on any atom is -0.488 e. The van der Waals surface area contributed by atoms with Crippen LogP contribution >= 0.6 is 0 Å². The molecule has 0 aliphatic heterocycles. The van der Waals surface area contributed by atoms with Crippen molar-refractivity contribution in [2.24, 2.45) is 7.05 Å². The summed E-state index contributed by atoms with van der Waals surface area (Å²) in [4.78, 5) is 17.8. The molecule has 3 aromatic rings. The van der Waals surface area contributed by atoms with Gasteiger partial charge in [-0.1, -0.05) is 25.5 Å². The van der Waals surface area contributed by atoms with E-state index in [0.717, 1.165) is 48.5 Å². The van der Waals surface area contributed by atoms with Gasteiger partial charge in [-0.15, -0.1) is 0 Å². The van der Waals surface area contributed by atoms with E-state index in [-0.39, 0.29) is 11.2 Å². The normalized spacial score (nSPS) is 11.9. The van der Waals surface area contributed by atoms with Gasteiger partial charge in [0.1, 0.15) is 22.7 Å². The minimum absolute atomic E-state index is 0.00494. The van der Waals surface area contributed by atoms with Crippen LogP contribution in [-0.2, 0) is 26.4 Å². The largest absolute Gasteiger partial charge is 0.488 e. The monoisotopic (exact) mass is 396 g/mol. The lowest BCUT2D eigenvalue weighted by atomic mass is 10.1. The molecule has 0 saturated heterocycles. The second-order valence-electron chi connectivity index (χ2n) is 8.60. The van der Waals surface area contributed by atoms with E-state index in [1.165, 1.54) is 5.56 Å². The molecule has 0 spiro atoms. The Hall–Kier alpha value is -2.63. The van der Waals surface area contributed by atoms with Crippen LogP contribution in [-0.4, -0.2) is 24.9 Å². The highest BCUT2D eigenvalue weighted by Crippen LogP contribution is 2.20. The van der Waals surface area contributed by atoms with Gasteiger partial charge >= 0.3 is 0 Å². The molecule has 156 valence electrons. The lowest BCUT2D eigenvalue weighted by Crippen LogP contribution is -2.25. The second kappa shape index (κ2) is 8.39. The smallest absolute Gasteiger partial charge is 0.279 e. The van der Waals surface area contributed by atoms with Crippen LogP contribution in [0.5, 0.6) is 5.75 Å². The molecule has 6 nitrogen and oxygen atoms in total. The third-order valence-electron chi connectivity index (χ3n) is 4.86. The molecule has 0 atom stereocenters. The molecule has 3 rings (SSSR count). The van der Waals surface area contributed by atoms with Crippen molar-refractivity contribution >= 4 is 11.0 Å². The summed E-state index contributed by atoms with van der Waals surface area (Å²) < 4.78 is 9.41. The summed E-state index contributed by atoms with van der Waals surface area (Å²) in [6, 6.07) is 8.19. The predicted octanol–water partition coefficient (Wildman–Crippen LogP) is 4.20. The van der Waals surface area contributed by atoms with E-state index in [9.17, 15) is 4.79 Å². The summed E-state index contributed by atoms with van der Waals surface area (Å²) in [6.45, 7) is 10.8. The van der Waals surface area contributed by atoms with Crippen LogP contribution in [0.3, 0.4) is 0 Å². The predicted molar refractivity (Wildman–Crippen MR) is 117 cm³/mol. The molecule has 0 amide bonds. The second-order valence-corrected chi connectivity index (χ2v) is 8.60. The highest BCUT2D eigenvalue weighted by molar-refractivity contribution is 5.76. The zero-order chi connectivity index (χ0) is 21.2. The fourth-order valence-corrected chi connectivity index (χ4v) is 3.65. The topological polar surface area (TPSA) is 61.9 Å². The van der Waals surface area contributed by atoms with E-state index in [1.807, 2.05) is 46.9 Å². The first-order chi connectivity index (χ1) is 13.7. The molecular formula is C23H32N4O2. The zero-order valence-electron chi connectivity index (χ0n) is 18.5. The van der Waals surface area contributed by atoms with E-state index in [2.05, 4.69) is 24.2 Å². The molecule has 29 heavy (non-hydrogen) atoms. The van der Waals surface area contributed by atoms with Crippen molar-refractivity contribution in [3.05, 3.63) is 51.7 Å². The third-order valence-corrected chi connectivity index (χ3v) is 4.86. The van der Waals surface area contributed by atoms with Crippen molar-refractivity contribution in [3.63, 3.8) is 0 Å². The fraction of sp³-hybridized carbons (Fsp3) is 0.522. The van der Waals surface area contributed by atoms with Crippen LogP contribution in [0.4, 0.5) is 0 Å². The Morgan fingerprint density at radius 3 is 2.62 bits per heavy atom.